The van der Waals surface area contributed by atoms with Crippen molar-refractivity contribution in [2.24, 2.45) is 11.8 Å². The van der Waals surface area contributed by atoms with E-state index in [1.54, 1.807) is 0 Å². The minimum absolute atomic E-state index is 0.0660. The Kier molecular flexibility index (Phi) is 37.0. The highest BCUT2D eigenvalue weighted by molar-refractivity contribution is 5.71. The molecule has 0 aromatic rings. The van der Waals surface area contributed by atoms with Crippen LogP contribution in [0.3, 0.4) is 0 Å². The smallest absolute Gasteiger partial charge is 0.306 e. The van der Waals surface area contributed by atoms with Crippen molar-refractivity contribution in [3.05, 3.63) is 0 Å². The van der Waals surface area contributed by atoms with Crippen molar-refractivity contribution in [3.8, 4) is 0 Å². The predicted molar refractivity (Wildman–Crippen MR) is 215 cm³/mol. The third kappa shape index (κ3) is 39.5. The molecule has 0 aliphatic heterocycles. The molecule has 0 spiro atoms. The maximum absolute atomic E-state index is 12.7. The Morgan fingerprint density at radius 3 is 0.961 bits per heavy atom. The molecule has 302 valence electrons. The zero-order valence-electron chi connectivity index (χ0n) is 34.7. The van der Waals surface area contributed by atoms with Crippen LogP contribution in [0.5, 0.6) is 0 Å². The van der Waals surface area contributed by atoms with Crippen LogP contribution in [0.4, 0.5) is 0 Å². The van der Waals surface area contributed by atoms with Gasteiger partial charge in [0.15, 0.2) is 6.10 Å². The number of hydrogen-bond donors (Lipinski definition) is 0. The molecular weight excluding hydrogens is 636 g/mol. The average molecular weight is 723 g/mol. The Balaban J connectivity index is 4.33. The van der Waals surface area contributed by atoms with Crippen LogP contribution in [-0.2, 0) is 28.6 Å². The molecule has 0 saturated carbocycles. The van der Waals surface area contributed by atoms with Gasteiger partial charge in [-0.1, -0.05) is 202 Å². The molecule has 0 aromatic heterocycles. The first-order valence-corrected chi connectivity index (χ1v) is 22.2. The third-order valence-corrected chi connectivity index (χ3v) is 9.97. The van der Waals surface area contributed by atoms with E-state index in [1.807, 2.05) is 0 Å². The van der Waals surface area contributed by atoms with Gasteiger partial charge in [-0.05, 0) is 31.1 Å². The molecular formula is C45H86O6. The first-order chi connectivity index (χ1) is 24.7. The Morgan fingerprint density at radius 2 is 0.647 bits per heavy atom. The van der Waals surface area contributed by atoms with Crippen LogP contribution in [0.25, 0.3) is 0 Å². The Morgan fingerprint density at radius 1 is 0.373 bits per heavy atom. The van der Waals surface area contributed by atoms with Crippen molar-refractivity contribution in [2.75, 3.05) is 13.2 Å². The molecule has 0 aromatic carbocycles. The topological polar surface area (TPSA) is 78.9 Å². The van der Waals surface area contributed by atoms with Gasteiger partial charge in [-0.2, -0.15) is 0 Å². The number of esters is 3. The predicted octanol–water partition coefficient (Wildman–Crippen LogP) is 13.8. The molecule has 51 heavy (non-hydrogen) atoms. The Labute approximate surface area is 317 Å². The second kappa shape index (κ2) is 38.1. The fourth-order valence-electron chi connectivity index (χ4n) is 6.58. The van der Waals surface area contributed by atoms with Crippen LogP contribution in [0, 0.1) is 11.8 Å². The van der Waals surface area contributed by atoms with Crippen LogP contribution >= 0.6 is 0 Å². The number of carbonyl (C=O) groups excluding carboxylic acids is 3. The van der Waals surface area contributed by atoms with Crippen LogP contribution in [0.2, 0.25) is 0 Å². The molecule has 1 atom stereocenters. The maximum atomic E-state index is 12.7. The second-order valence-corrected chi connectivity index (χ2v) is 16.3. The summed E-state index contributed by atoms with van der Waals surface area (Å²) < 4.78 is 16.7. The van der Waals surface area contributed by atoms with Crippen molar-refractivity contribution < 1.29 is 28.6 Å². The van der Waals surface area contributed by atoms with E-state index >= 15 is 0 Å². The third-order valence-electron chi connectivity index (χ3n) is 9.97. The molecule has 0 aliphatic carbocycles. The number of rotatable bonds is 39. The van der Waals surface area contributed by atoms with Gasteiger partial charge in [0.05, 0.1) is 0 Å². The molecule has 0 rings (SSSR count). The van der Waals surface area contributed by atoms with Gasteiger partial charge >= 0.3 is 17.9 Å². The van der Waals surface area contributed by atoms with Crippen LogP contribution in [0.15, 0.2) is 0 Å². The summed E-state index contributed by atoms with van der Waals surface area (Å²) in [5, 5.41) is 0. The molecule has 6 nitrogen and oxygen atoms in total. The van der Waals surface area contributed by atoms with Gasteiger partial charge in [0, 0.05) is 19.3 Å². The van der Waals surface area contributed by atoms with Gasteiger partial charge in [-0.3, -0.25) is 14.4 Å². The van der Waals surface area contributed by atoms with E-state index in [2.05, 4.69) is 34.6 Å². The molecule has 0 heterocycles. The average Bonchev–Trinajstić information content (AvgIpc) is 3.09. The molecule has 0 saturated heterocycles. The summed E-state index contributed by atoms with van der Waals surface area (Å²) in [5.74, 6) is 0.695. The zero-order valence-corrected chi connectivity index (χ0v) is 34.7. The maximum Gasteiger partial charge on any atom is 0.306 e. The van der Waals surface area contributed by atoms with E-state index in [9.17, 15) is 14.4 Å². The summed E-state index contributed by atoms with van der Waals surface area (Å²) in [6.07, 6.45) is 35.3. The van der Waals surface area contributed by atoms with Crippen LogP contribution < -0.4 is 0 Å². The largest absolute Gasteiger partial charge is 0.462 e. The van der Waals surface area contributed by atoms with E-state index in [0.29, 0.717) is 19.3 Å². The van der Waals surface area contributed by atoms with Gasteiger partial charge in [0.2, 0.25) is 0 Å². The lowest BCUT2D eigenvalue weighted by atomic mass is 10.0. The lowest BCUT2D eigenvalue weighted by Gasteiger charge is -2.18. The molecule has 6 heteroatoms. The molecule has 0 bridgehead atoms. The molecule has 0 N–H and O–H groups in total. The molecule has 0 aliphatic rings. The minimum atomic E-state index is -0.760. The van der Waals surface area contributed by atoms with E-state index in [1.165, 1.54) is 128 Å². The summed E-state index contributed by atoms with van der Waals surface area (Å²) >= 11 is 0. The molecule has 0 amide bonds. The van der Waals surface area contributed by atoms with E-state index in [0.717, 1.165) is 69.6 Å². The van der Waals surface area contributed by atoms with Crippen molar-refractivity contribution in [1.29, 1.82) is 0 Å². The monoisotopic (exact) mass is 723 g/mol. The van der Waals surface area contributed by atoms with Gasteiger partial charge in [-0.15, -0.1) is 0 Å². The standard InChI is InChI=1S/C45H86O6/c1-6-7-8-9-10-11-12-13-14-15-20-25-30-35-43(46)49-38-42(51-45(48)37-32-27-22-17-19-24-29-34-41(4)5)39-50-44(47)36-31-26-21-16-18-23-28-33-40(2)3/h40-42H,6-39H2,1-5H3/t42-/m1/s1. The first-order valence-electron chi connectivity index (χ1n) is 22.2. The normalized spacial score (nSPS) is 12.1. The quantitative estimate of drug-likeness (QED) is 0.0357. The Hall–Kier alpha value is -1.59. The zero-order chi connectivity index (χ0) is 37.6. The summed E-state index contributed by atoms with van der Waals surface area (Å²) in [6.45, 7) is 11.2. The number of unbranched alkanes of at least 4 members (excludes halogenated alkanes) is 24. The second-order valence-electron chi connectivity index (χ2n) is 16.3. The van der Waals surface area contributed by atoms with Crippen LogP contribution in [0.1, 0.15) is 240 Å². The minimum Gasteiger partial charge on any atom is -0.462 e. The highest BCUT2D eigenvalue weighted by Gasteiger charge is 2.19. The summed E-state index contributed by atoms with van der Waals surface area (Å²) in [5.41, 5.74) is 0. The summed E-state index contributed by atoms with van der Waals surface area (Å²) in [6, 6.07) is 0. The van der Waals surface area contributed by atoms with E-state index in [4.69, 9.17) is 14.2 Å². The van der Waals surface area contributed by atoms with Crippen molar-refractivity contribution >= 4 is 17.9 Å². The SMILES string of the molecule is CCCCCCCCCCCCCCCC(=O)OC[C@H](COC(=O)CCCCCCCCCC(C)C)OC(=O)CCCCCCCCCC(C)C. The highest BCUT2D eigenvalue weighted by atomic mass is 16.6. The van der Waals surface area contributed by atoms with Crippen molar-refractivity contribution in [2.45, 2.75) is 246 Å². The van der Waals surface area contributed by atoms with Gasteiger partial charge in [0.1, 0.15) is 13.2 Å². The van der Waals surface area contributed by atoms with Gasteiger partial charge < -0.3 is 14.2 Å². The molecule has 0 unspecified atom stereocenters. The number of ether oxygens (including phenoxy) is 3. The van der Waals surface area contributed by atoms with Crippen LogP contribution in [-0.4, -0.2) is 37.2 Å². The molecule has 0 radical (unpaired) electrons. The van der Waals surface area contributed by atoms with Gasteiger partial charge in [-0.25, -0.2) is 0 Å². The number of carbonyl (C=O) groups is 3. The summed E-state index contributed by atoms with van der Waals surface area (Å²) in [7, 11) is 0. The molecule has 0 fully saturated rings. The fraction of sp³-hybridized carbons (Fsp3) is 0.933. The fourth-order valence-corrected chi connectivity index (χ4v) is 6.58. The van der Waals surface area contributed by atoms with E-state index < -0.39 is 6.10 Å². The number of hydrogen-bond acceptors (Lipinski definition) is 6. The van der Waals surface area contributed by atoms with Crippen molar-refractivity contribution in [1.82, 2.24) is 0 Å². The van der Waals surface area contributed by atoms with Gasteiger partial charge in [0.25, 0.3) is 0 Å². The summed E-state index contributed by atoms with van der Waals surface area (Å²) in [4.78, 5) is 37.6. The Bertz CT molecular complexity index is 779. The van der Waals surface area contributed by atoms with E-state index in [-0.39, 0.29) is 31.1 Å². The lowest BCUT2D eigenvalue weighted by molar-refractivity contribution is -0.167. The van der Waals surface area contributed by atoms with Crippen molar-refractivity contribution in [3.63, 3.8) is 0 Å². The lowest BCUT2D eigenvalue weighted by Crippen LogP contribution is -2.30. The first kappa shape index (κ1) is 49.4. The highest BCUT2D eigenvalue weighted by Crippen LogP contribution is 2.16.